The Kier molecular flexibility index (Phi) is 9.80. The SMILES string of the molecule is COc1cc(Cc2nccc(-c3ccc(OC4CCOCC4)c(C#N)c3)n2)ccc1OCCCN1CCOCC1. The van der Waals surface area contributed by atoms with Crippen molar-refractivity contribution in [1.82, 2.24) is 14.9 Å². The smallest absolute Gasteiger partial charge is 0.161 e. The number of hydrogen-bond donors (Lipinski definition) is 0. The maximum atomic E-state index is 9.75. The summed E-state index contributed by atoms with van der Waals surface area (Å²) in [7, 11) is 1.65. The molecule has 0 unspecified atom stereocenters. The zero-order valence-electron chi connectivity index (χ0n) is 23.0. The van der Waals surface area contributed by atoms with E-state index in [-0.39, 0.29) is 6.10 Å². The molecule has 2 aliphatic heterocycles. The normalized spacial score (nSPS) is 16.3. The van der Waals surface area contributed by atoms with Crippen LogP contribution in [0.3, 0.4) is 0 Å². The lowest BCUT2D eigenvalue weighted by Gasteiger charge is -2.26. The molecular formula is C31H36N4O5. The van der Waals surface area contributed by atoms with Crippen LogP contribution in [0.1, 0.15) is 36.2 Å². The third-order valence-electron chi connectivity index (χ3n) is 7.13. The van der Waals surface area contributed by atoms with E-state index in [4.69, 9.17) is 28.7 Å². The number of morpholine rings is 1. The highest BCUT2D eigenvalue weighted by Crippen LogP contribution is 2.30. The van der Waals surface area contributed by atoms with E-state index in [9.17, 15) is 5.26 Å². The first-order valence-corrected chi connectivity index (χ1v) is 13.9. The zero-order valence-corrected chi connectivity index (χ0v) is 23.0. The van der Waals surface area contributed by atoms with E-state index in [1.807, 2.05) is 42.5 Å². The van der Waals surface area contributed by atoms with Gasteiger partial charge in [0.2, 0.25) is 0 Å². The van der Waals surface area contributed by atoms with Crippen molar-refractivity contribution in [2.75, 3.05) is 59.8 Å². The monoisotopic (exact) mass is 544 g/mol. The van der Waals surface area contributed by atoms with Crippen LogP contribution in [0.2, 0.25) is 0 Å². The summed E-state index contributed by atoms with van der Waals surface area (Å²) in [4.78, 5) is 11.7. The standard InChI is InChI=1S/C31H36N4O5/c1-36-30-19-23(3-5-29(30)39-14-2-11-35-12-17-38-18-13-35)20-31-33-10-7-27(34-31)24-4-6-28(25(21-24)22-32)40-26-8-15-37-16-9-26/h3-7,10,19,21,26H,2,8-9,11-18,20H2,1H3. The Labute approximate surface area is 235 Å². The molecule has 40 heavy (non-hydrogen) atoms. The van der Waals surface area contributed by atoms with Crippen molar-refractivity contribution in [3.63, 3.8) is 0 Å². The Hall–Kier alpha value is -3.71. The van der Waals surface area contributed by atoms with Crippen molar-refractivity contribution in [1.29, 1.82) is 5.26 Å². The topological polar surface area (TPSA) is 99.0 Å². The van der Waals surface area contributed by atoms with Crippen LogP contribution < -0.4 is 14.2 Å². The molecule has 0 bridgehead atoms. The largest absolute Gasteiger partial charge is 0.493 e. The summed E-state index contributed by atoms with van der Waals surface area (Å²) >= 11 is 0. The molecule has 2 aromatic carbocycles. The van der Waals surface area contributed by atoms with Crippen molar-refractivity contribution >= 4 is 0 Å². The Morgan fingerprint density at radius 1 is 0.975 bits per heavy atom. The molecule has 3 heterocycles. The van der Waals surface area contributed by atoms with Gasteiger partial charge in [0.15, 0.2) is 11.5 Å². The first-order chi connectivity index (χ1) is 19.7. The van der Waals surface area contributed by atoms with Gasteiger partial charge in [-0.2, -0.15) is 5.26 Å². The number of methoxy groups -OCH3 is 1. The minimum absolute atomic E-state index is 0.0706. The van der Waals surface area contributed by atoms with Gasteiger partial charge in [-0.3, -0.25) is 4.90 Å². The number of aromatic nitrogens is 2. The molecule has 0 amide bonds. The van der Waals surface area contributed by atoms with Crippen molar-refractivity contribution in [2.24, 2.45) is 0 Å². The Balaban J connectivity index is 1.21. The highest BCUT2D eigenvalue weighted by Gasteiger charge is 2.18. The number of hydrogen-bond acceptors (Lipinski definition) is 9. The lowest BCUT2D eigenvalue weighted by molar-refractivity contribution is 0.0254. The average molecular weight is 545 g/mol. The molecule has 9 heteroatoms. The van der Waals surface area contributed by atoms with Crippen LogP contribution in [0.4, 0.5) is 0 Å². The summed E-state index contributed by atoms with van der Waals surface area (Å²) in [6.45, 7) is 6.58. The van der Waals surface area contributed by atoms with Crippen LogP contribution in [0.25, 0.3) is 11.3 Å². The van der Waals surface area contributed by atoms with Gasteiger partial charge in [-0.05, 0) is 48.4 Å². The van der Waals surface area contributed by atoms with E-state index in [0.29, 0.717) is 49.1 Å². The van der Waals surface area contributed by atoms with E-state index in [0.717, 1.165) is 74.7 Å². The molecule has 0 radical (unpaired) electrons. The number of nitrogens with zero attached hydrogens (tertiary/aromatic N) is 4. The van der Waals surface area contributed by atoms with Crippen LogP contribution in [-0.2, 0) is 15.9 Å². The number of ether oxygens (including phenoxy) is 5. The zero-order chi connectivity index (χ0) is 27.6. The first-order valence-electron chi connectivity index (χ1n) is 13.9. The molecule has 9 nitrogen and oxygen atoms in total. The highest BCUT2D eigenvalue weighted by molar-refractivity contribution is 5.64. The molecular weight excluding hydrogens is 508 g/mol. The maximum absolute atomic E-state index is 9.75. The minimum Gasteiger partial charge on any atom is -0.493 e. The summed E-state index contributed by atoms with van der Waals surface area (Å²) in [5, 5.41) is 9.75. The molecule has 0 saturated carbocycles. The predicted molar refractivity (Wildman–Crippen MR) is 150 cm³/mol. The van der Waals surface area contributed by atoms with Crippen molar-refractivity contribution in [3.05, 3.63) is 65.6 Å². The fraction of sp³-hybridized carbons (Fsp3) is 0.452. The molecule has 5 rings (SSSR count). The van der Waals surface area contributed by atoms with Gasteiger partial charge >= 0.3 is 0 Å². The van der Waals surface area contributed by atoms with Gasteiger partial charge in [0.25, 0.3) is 0 Å². The minimum atomic E-state index is 0.0706. The fourth-order valence-electron chi connectivity index (χ4n) is 4.92. The Morgan fingerprint density at radius 2 is 1.77 bits per heavy atom. The lowest BCUT2D eigenvalue weighted by atomic mass is 10.1. The Morgan fingerprint density at radius 3 is 2.58 bits per heavy atom. The van der Waals surface area contributed by atoms with Gasteiger partial charge in [-0.15, -0.1) is 0 Å². The fourth-order valence-corrected chi connectivity index (χ4v) is 4.92. The molecule has 2 aliphatic rings. The maximum Gasteiger partial charge on any atom is 0.161 e. The number of nitriles is 1. The van der Waals surface area contributed by atoms with Gasteiger partial charge in [0, 0.05) is 50.7 Å². The Bertz CT molecular complexity index is 1300. The quantitative estimate of drug-likeness (QED) is 0.328. The van der Waals surface area contributed by atoms with Gasteiger partial charge in [0.1, 0.15) is 23.7 Å². The van der Waals surface area contributed by atoms with Crippen LogP contribution in [0.15, 0.2) is 48.7 Å². The van der Waals surface area contributed by atoms with Gasteiger partial charge in [0.05, 0.1) is 51.4 Å². The predicted octanol–water partition coefficient (Wildman–Crippen LogP) is 4.27. The van der Waals surface area contributed by atoms with Crippen LogP contribution in [0, 0.1) is 11.3 Å². The third kappa shape index (κ3) is 7.48. The van der Waals surface area contributed by atoms with Gasteiger partial charge in [-0.1, -0.05) is 6.07 Å². The summed E-state index contributed by atoms with van der Waals surface area (Å²) in [6, 6.07) is 15.7. The average Bonchev–Trinajstić information content (AvgIpc) is 3.01. The number of benzene rings is 2. The second kappa shape index (κ2) is 14.1. The molecule has 0 spiro atoms. The second-order valence-electron chi connectivity index (χ2n) is 9.93. The van der Waals surface area contributed by atoms with E-state index in [1.165, 1.54) is 0 Å². The molecule has 0 N–H and O–H groups in total. The van der Waals surface area contributed by atoms with Crippen LogP contribution in [-0.4, -0.2) is 80.8 Å². The van der Waals surface area contributed by atoms with Crippen molar-refractivity contribution in [3.8, 4) is 34.6 Å². The third-order valence-corrected chi connectivity index (χ3v) is 7.13. The van der Waals surface area contributed by atoms with Gasteiger partial charge < -0.3 is 23.7 Å². The first kappa shape index (κ1) is 27.8. The summed E-state index contributed by atoms with van der Waals surface area (Å²) in [6.07, 6.45) is 4.96. The van der Waals surface area contributed by atoms with Crippen LogP contribution >= 0.6 is 0 Å². The van der Waals surface area contributed by atoms with E-state index in [1.54, 1.807) is 13.3 Å². The summed E-state index contributed by atoms with van der Waals surface area (Å²) < 4.78 is 28.5. The molecule has 210 valence electrons. The van der Waals surface area contributed by atoms with E-state index >= 15 is 0 Å². The molecule has 0 aliphatic carbocycles. The summed E-state index contributed by atoms with van der Waals surface area (Å²) in [5.74, 6) is 2.71. The highest BCUT2D eigenvalue weighted by atomic mass is 16.5. The van der Waals surface area contributed by atoms with Crippen molar-refractivity contribution in [2.45, 2.75) is 31.8 Å². The van der Waals surface area contributed by atoms with E-state index in [2.05, 4.69) is 16.0 Å². The van der Waals surface area contributed by atoms with Gasteiger partial charge in [-0.25, -0.2) is 9.97 Å². The molecule has 0 atom stereocenters. The second-order valence-corrected chi connectivity index (χ2v) is 9.93. The molecule has 1 aromatic heterocycles. The molecule has 2 saturated heterocycles. The molecule has 3 aromatic rings. The van der Waals surface area contributed by atoms with E-state index < -0.39 is 0 Å². The molecule has 2 fully saturated rings. The van der Waals surface area contributed by atoms with Crippen molar-refractivity contribution < 1.29 is 23.7 Å². The van der Waals surface area contributed by atoms with Crippen LogP contribution in [0.5, 0.6) is 17.2 Å². The number of rotatable bonds is 11. The summed E-state index contributed by atoms with van der Waals surface area (Å²) in [5.41, 5.74) is 3.12. The lowest BCUT2D eigenvalue weighted by Crippen LogP contribution is -2.37.